The average Bonchev–Trinajstić information content (AvgIpc) is 2.76. The Bertz CT molecular complexity index is 307. The first-order valence-electron chi connectivity index (χ1n) is 6.42. The molecule has 1 saturated carbocycles. The van der Waals surface area contributed by atoms with E-state index in [0.29, 0.717) is 12.1 Å². The van der Waals surface area contributed by atoms with Crippen LogP contribution in [0.3, 0.4) is 0 Å². The molecule has 1 aromatic rings. The molecular formula is C13H23N3. The van der Waals surface area contributed by atoms with Crippen molar-refractivity contribution < 1.29 is 0 Å². The molecule has 0 spiro atoms. The summed E-state index contributed by atoms with van der Waals surface area (Å²) in [6.45, 7) is 6.90. The molecule has 2 N–H and O–H groups in total. The average molecular weight is 221 g/mol. The maximum atomic E-state index is 4.31. The number of rotatable bonds is 3. The summed E-state index contributed by atoms with van der Waals surface area (Å²) in [5, 5.41) is 3.71. The fourth-order valence-electron chi connectivity index (χ4n) is 2.68. The van der Waals surface area contributed by atoms with Gasteiger partial charge in [-0.1, -0.05) is 20.3 Å². The first-order chi connectivity index (χ1) is 7.66. The highest BCUT2D eigenvalue weighted by Crippen LogP contribution is 2.29. The summed E-state index contributed by atoms with van der Waals surface area (Å²) in [5.41, 5.74) is 0. The predicted octanol–water partition coefficient (Wildman–Crippen LogP) is 2.89. The Kier molecular flexibility index (Phi) is 3.64. The fourth-order valence-corrected chi connectivity index (χ4v) is 2.68. The molecule has 0 aromatic carbocycles. The molecule has 0 aliphatic heterocycles. The van der Waals surface area contributed by atoms with Crippen molar-refractivity contribution in [1.82, 2.24) is 15.3 Å². The lowest BCUT2D eigenvalue weighted by molar-refractivity contribution is 0.214. The molecule has 0 bridgehead atoms. The second-order valence-electron chi connectivity index (χ2n) is 5.36. The molecule has 2 rings (SSSR count). The largest absolute Gasteiger partial charge is 0.347 e. The van der Waals surface area contributed by atoms with E-state index in [-0.39, 0.29) is 0 Å². The maximum Gasteiger partial charge on any atom is 0.122 e. The van der Waals surface area contributed by atoms with Gasteiger partial charge in [0.2, 0.25) is 0 Å². The number of aromatic amines is 1. The van der Waals surface area contributed by atoms with Gasteiger partial charge in [0.25, 0.3) is 0 Å². The van der Waals surface area contributed by atoms with E-state index in [1.165, 1.54) is 19.3 Å². The molecule has 3 nitrogen and oxygen atoms in total. The summed E-state index contributed by atoms with van der Waals surface area (Å²) in [6, 6.07) is 0.969. The molecule has 16 heavy (non-hydrogen) atoms. The van der Waals surface area contributed by atoms with E-state index in [2.05, 4.69) is 36.1 Å². The Morgan fingerprint density at radius 1 is 1.44 bits per heavy atom. The Hall–Kier alpha value is -0.830. The van der Waals surface area contributed by atoms with Crippen molar-refractivity contribution in [3.05, 3.63) is 18.2 Å². The van der Waals surface area contributed by atoms with E-state index in [1.54, 1.807) is 0 Å². The number of hydrogen-bond donors (Lipinski definition) is 2. The SMILES string of the molecule is CC1CCC(C)C(NC(C)c2ncc[nH]2)C1. The molecule has 0 amide bonds. The summed E-state index contributed by atoms with van der Waals surface area (Å²) >= 11 is 0. The minimum absolute atomic E-state index is 0.327. The lowest BCUT2D eigenvalue weighted by Gasteiger charge is -2.35. The third-order valence-electron chi connectivity index (χ3n) is 3.85. The molecule has 4 unspecified atom stereocenters. The molecule has 1 fully saturated rings. The predicted molar refractivity (Wildman–Crippen MR) is 66.1 cm³/mol. The lowest BCUT2D eigenvalue weighted by Crippen LogP contribution is -2.41. The van der Waals surface area contributed by atoms with Crippen molar-refractivity contribution in [2.45, 2.75) is 52.1 Å². The highest BCUT2D eigenvalue weighted by molar-refractivity contribution is 4.95. The van der Waals surface area contributed by atoms with Gasteiger partial charge in [-0.05, 0) is 31.6 Å². The van der Waals surface area contributed by atoms with E-state index >= 15 is 0 Å². The van der Waals surface area contributed by atoms with E-state index in [0.717, 1.165) is 17.7 Å². The van der Waals surface area contributed by atoms with Gasteiger partial charge in [-0.15, -0.1) is 0 Å². The van der Waals surface area contributed by atoms with Crippen LogP contribution in [0.2, 0.25) is 0 Å². The van der Waals surface area contributed by atoms with Crippen LogP contribution >= 0.6 is 0 Å². The van der Waals surface area contributed by atoms with Crippen LogP contribution in [0.15, 0.2) is 12.4 Å². The van der Waals surface area contributed by atoms with Crippen LogP contribution in [-0.4, -0.2) is 16.0 Å². The number of hydrogen-bond acceptors (Lipinski definition) is 2. The van der Waals surface area contributed by atoms with Gasteiger partial charge < -0.3 is 10.3 Å². The van der Waals surface area contributed by atoms with Crippen molar-refractivity contribution in [1.29, 1.82) is 0 Å². The van der Waals surface area contributed by atoms with Crippen LogP contribution in [-0.2, 0) is 0 Å². The molecule has 1 heterocycles. The number of aromatic nitrogens is 2. The minimum Gasteiger partial charge on any atom is -0.347 e. The molecule has 3 heteroatoms. The van der Waals surface area contributed by atoms with Gasteiger partial charge in [0.05, 0.1) is 6.04 Å². The molecule has 1 aliphatic rings. The number of nitrogens with one attached hydrogen (secondary N) is 2. The lowest BCUT2D eigenvalue weighted by atomic mass is 9.80. The van der Waals surface area contributed by atoms with Crippen LogP contribution < -0.4 is 5.32 Å². The summed E-state index contributed by atoms with van der Waals surface area (Å²) in [7, 11) is 0. The summed E-state index contributed by atoms with van der Waals surface area (Å²) in [6.07, 6.45) is 7.74. The molecular weight excluding hydrogens is 198 g/mol. The Morgan fingerprint density at radius 2 is 2.25 bits per heavy atom. The van der Waals surface area contributed by atoms with Gasteiger partial charge in [0.1, 0.15) is 5.82 Å². The van der Waals surface area contributed by atoms with Gasteiger partial charge in [-0.2, -0.15) is 0 Å². The van der Waals surface area contributed by atoms with Crippen molar-refractivity contribution >= 4 is 0 Å². The summed E-state index contributed by atoms with van der Waals surface area (Å²) in [5.74, 6) is 2.69. The zero-order valence-electron chi connectivity index (χ0n) is 10.5. The van der Waals surface area contributed by atoms with Crippen molar-refractivity contribution in [3.63, 3.8) is 0 Å². The Labute approximate surface area is 98.1 Å². The van der Waals surface area contributed by atoms with E-state index in [4.69, 9.17) is 0 Å². The summed E-state index contributed by atoms with van der Waals surface area (Å²) in [4.78, 5) is 7.49. The quantitative estimate of drug-likeness (QED) is 0.824. The molecule has 90 valence electrons. The number of H-pyrrole nitrogens is 1. The third kappa shape index (κ3) is 2.64. The van der Waals surface area contributed by atoms with Crippen molar-refractivity contribution in [3.8, 4) is 0 Å². The standard InChI is InChI=1S/C13H23N3/c1-9-4-5-10(2)12(8-9)16-11(3)13-14-6-7-15-13/h6-7,9-12,16H,4-5,8H2,1-3H3,(H,14,15). The molecule has 1 aliphatic carbocycles. The van der Waals surface area contributed by atoms with Gasteiger partial charge in [-0.3, -0.25) is 0 Å². The second-order valence-corrected chi connectivity index (χ2v) is 5.36. The van der Waals surface area contributed by atoms with Gasteiger partial charge >= 0.3 is 0 Å². The molecule has 4 atom stereocenters. The highest BCUT2D eigenvalue weighted by Gasteiger charge is 2.26. The number of nitrogens with zero attached hydrogens (tertiary/aromatic N) is 1. The van der Waals surface area contributed by atoms with Gasteiger partial charge in [-0.25, -0.2) is 4.98 Å². The van der Waals surface area contributed by atoms with Gasteiger partial charge in [0.15, 0.2) is 0 Å². The van der Waals surface area contributed by atoms with Crippen LogP contribution in [0, 0.1) is 11.8 Å². The fraction of sp³-hybridized carbons (Fsp3) is 0.769. The molecule has 0 saturated heterocycles. The zero-order valence-corrected chi connectivity index (χ0v) is 10.5. The topological polar surface area (TPSA) is 40.7 Å². The Morgan fingerprint density at radius 3 is 2.94 bits per heavy atom. The molecule has 0 radical (unpaired) electrons. The first kappa shape index (κ1) is 11.6. The second kappa shape index (κ2) is 5.00. The van der Waals surface area contributed by atoms with E-state index < -0.39 is 0 Å². The first-order valence-corrected chi connectivity index (χ1v) is 6.42. The summed E-state index contributed by atoms with van der Waals surface area (Å²) < 4.78 is 0. The van der Waals surface area contributed by atoms with Crippen LogP contribution in [0.25, 0.3) is 0 Å². The van der Waals surface area contributed by atoms with Crippen LogP contribution in [0.4, 0.5) is 0 Å². The third-order valence-corrected chi connectivity index (χ3v) is 3.85. The van der Waals surface area contributed by atoms with E-state index in [9.17, 15) is 0 Å². The van der Waals surface area contributed by atoms with Crippen molar-refractivity contribution in [2.24, 2.45) is 11.8 Å². The smallest absolute Gasteiger partial charge is 0.122 e. The molecule has 1 aromatic heterocycles. The van der Waals surface area contributed by atoms with Crippen LogP contribution in [0.5, 0.6) is 0 Å². The zero-order chi connectivity index (χ0) is 11.5. The normalized spacial score (nSPS) is 32.6. The minimum atomic E-state index is 0.327. The highest BCUT2D eigenvalue weighted by atomic mass is 15.0. The van der Waals surface area contributed by atoms with Gasteiger partial charge in [0, 0.05) is 18.4 Å². The van der Waals surface area contributed by atoms with Crippen LogP contribution in [0.1, 0.15) is 51.9 Å². The number of imidazole rings is 1. The van der Waals surface area contributed by atoms with Crippen molar-refractivity contribution in [2.75, 3.05) is 0 Å². The maximum absolute atomic E-state index is 4.31. The van der Waals surface area contributed by atoms with E-state index in [1.807, 2.05) is 12.4 Å². The monoisotopic (exact) mass is 221 g/mol. The Balaban J connectivity index is 1.93.